The molecule has 0 spiro atoms. The van der Waals surface area contributed by atoms with Gasteiger partial charge in [-0.15, -0.1) is 0 Å². The van der Waals surface area contributed by atoms with Crippen molar-refractivity contribution in [2.24, 2.45) is 5.92 Å². The normalized spacial score (nSPS) is 18.1. The Balaban J connectivity index is 1.66. The van der Waals surface area contributed by atoms with E-state index in [1.807, 2.05) is 31.2 Å². The number of carbonyl (C=O) groups excluding carboxylic acids is 1. The van der Waals surface area contributed by atoms with Crippen LogP contribution in [-0.4, -0.2) is 47.8 Å². The van der Waals surface area contributed by atoms with Crippen LogP contribution in [0, 0.1) is 5.92 Å². The van der Waals surface area contributed by atoms with Gasteiger partial charge in [0.1, 0.15) is 5.75 Å². The molecule has 2 heterocycles. The molecular formula is C18H23N3O4. The number of piperidine rings is 1. The van der Waals surface area contributed by atoms with E-state index in [4.69, 9.17) is 14.0 Å². The number of likely N-dealkylation sites (tertiary alicyclic amines) is 1. The molecule has 0 unspecified atom stereocenters. The second-order valence-corrected chi connectivity index (χ2v) is 6.04. The van der Waals surface area contributed by atoms with E-state index in [1.54, 1.807) is 7.11 Å². The third-order valence-corrected chi connectivity index (χ3v) is 4.30. The summed E-state index contributed by atoms with van der Waals surface area (Å²) in [6, 6.07) is 7.56. The van der Waals surface area contributed by atoms with Gasteiger partial charge in [-0.25, -0.2) is 0 Å². The van der Waals surface area contributed by atoms with Gasteiger partial charge in [-0.3, -0.25) is 9.69 Å². The molecule has 1 saturated heterocycles. The Morgan fingerprint density at radius 1 is 1.40 bits per heavy atom. The van der Waals surface area contributed by atoms with Crippen LogP contribution in [0.1, 0.15) is 25.7 Å². The van der Waals surface area contributed by atoms with Crippen LogP contribution in [0.5, 0.6) is 5.75 Å². The predicted octanol–water partition coefficient (Wildman–Crippen LogP) is 2.52. The van der Waals surface area contributed by atoms with Crippen molar-refractivity contribution < 1.29 is 18.8 Å². The second kappa shape index (κ2) is 8.11. The third-order valence-electron chi connectivity index (χ3n) is 4.30. The monoisotopic (exact) mass is 345 g/mol. The summed E-state index contributed by atoms with van der Waals surface area (Å²) >= 11 is 0. The smallest absolute Gasteiger partial charge is 0.310 e. The molecule has 0 aliphatic carbocycles. The summed E-state index contributed by atoms with van der Waals surface area (Å²) < 4.78 is 15.9. The van der Waals surface area contributed by atoms with E-state index in [9.17, 15) is 4.79 Å². The molecule has 7 heteroatoms. The van der Waals surface area contributed by atoms with Gasteiger partial charge in [0.2, 0.25) is 11.7 Å². The number of rotatable bonds is 6. The minimum atomic E-state index is -0.118. The summed E-state index contributed by atoms with van der Waals surface area (Å²) in [6.45, 7) is 4.34. The molecule has 134 valence electrons. The number of methoxy groups -OCH3 is 1. The molecule has 3 rings (SSSR count). The van der Waals surface area contributed by atoms with Gasteiger partial charge in [0.15, 0.2) is 0 Å². The Hall–Kier alpha value is -2.41. The van der Waals surface area contributed by atoms with E-state index >= 15 is 0 Å². The van der Waals surface area contributed by atoms with Crippen LogP contribution in [0.15, 0.2) is 28.8 Å². The van der Waals surface area contributed by atoms with Crippen LogP contribution in [0.2, 0.25) is 0 Å². The fourth-order valence-electron chi connectivity index (χ4n) is 3.10. The van der Waals surface area contributed by atoms with E-state index in [0.29, 0.717) is 37.2 Å². The van der Waals surface area contributed by atoms with E-state index in [2.05, 4.69) is 15.0 Å². The number of ether oxygens (including phenoxy) is 2. The van der Waals surface area contributed by atoms with Gasteiger partial charge >= 0.3 is 5.97 Å². The Labute approximate surface area is 146 Å². The summed E-state index contributed by atoms with van der Waals surface area (Å²) in [6.07, 6.45) is 1.82. The fourth-order valence-corrected chi connectivity index (χ4v) is 3.10. The zero-order valence-electron chi connectivity index (χ0n) is 14.6. The van der Waals surface area contributed by atoms with Crippen molar-refractivity contribution in [3.63, 3.8) is 0 Å². The highest BCUT2D eigenvalue weighted by atomic mass is 16.5. The summed E-state index contributed by atoms with van der Waals surface area (Å²) in [5, 5.41) is 4.06. The van der Waals surface area contributed by atoms with Gasteiger partial charge in [-0.2, -0.15) is 4.98 Å². The lowest BCUT2D eigenvalue weighted by Crippen LogP contribution is -2.39. The Bertz CT molecular complexity index is 716. The van der Waals surface area contributed by atoms with Crippen LogP contribution in [0.25, 0.3) is 11.4 Å². The SMILES string of the molecule is CCOC(=O)[C@@H]1CCCN(Cc2nc(-c3ccccc3OC)no2)C1. The number of hydrogen-bond donors (Lipinski definition) is 0. The van der Waals surface area contributed by atoms with Crippen molar-refractivity contribution >= 4 is 5.97 Å². The minimum Gasteiger partial charge on any atom is -0.496 e. The molecule has 7 nitrogen and oxygen atoms in total. The lowest BCUT2D eigenvalue weighted by molar-refractivity contribution is -0.150. The molecule has 1 fully saturated rings. The van der Waals surface area contributed by atoms with Crippen molar-refractivity contribution in [1.82, 2.24) is 15.0 Å². The predicted molar refractivity (Wildman–Crippen MR) is 90.9 cm³/mol. The summed E-state index contributed by atoms with van der Waals surface area (Å²) in [4.78, 5) is 18.6. The highest BCUT2D eigenvalue weighted by Crippen LogP contribution is 2.27. The maximum absolute atomic E-state index is 11.9. The molecule has 25 heavy (non-hydrogen) atoms. The van der Waals surface area contributed by atoms with Gasteiger partial charge < -0.3 is 14.0 Å². The Morgan fingerprint density at radius 2 is 2.24 bits per heavy atom. The van der Waals surface area contributed by atoms with Gasteiger partial charge in [-0.05, 0) is 38.4 Å². The number of hydrogen-bond acceptors (Lipinski definition) is 7. The lowest BCUT2D eigenvalue weighted by Gasteiger charge is -2.30. The summed E-state index contributed by atoms with van der Waals surface area (Å²) in [5.74, 6) is 1.55. The molecule has 0 amide bonds. The first kappa shape index (κ1) is 17.4. The topological polar surface area (TPSA) is 77.7 Å². The van der Waals surface area contributed by atoms with E-state index in [0.717, 1.165) is 24.9 Å². The molecule has 1 aliphatic rings. The van der Waals surface area contributed by atoms with Crippen molar-refractivity contribution in [2.75, 3.05) is 26.8 Å². The molecule has 1 aliphatic heterocycles. The van der Waals surface area contributed by atoms with Gasteiger partial charge in [0.05, 0.1) is 31.7 Å². The zero-order valence-corrected chi connectivity index (χ0v) is 14.6. The standard InChI is InChI=1S/C18H23N3O4/c1-3-24-18(22)13-7-6-10-21(11-13)12-16-19-17(20-25-16)14-8-4-5-9-15(14)23-2/h4-5,8-9,13H,3,6-7,10-12H2,1-2H3/t13-/m1/s1. The minimum absolute atomic E-state index is 0.0784. The highest BCUT2D eigenvalue weighted by Gasteiger charge is 2.27. The van der Waals surface area contributed by atoms with E-state index in [-0.39, 0.29) is 11.9 Å². The van der Waals surface area contributed by atoms with Crippen molar-refractivity contribution in [2.45, 2.75) is 26.3 Å². The Kier molecular flexibility index (Phi) is 5.65. The molecular weight excluding hydrogens is 322 g/mol. The first-order chi connectivity index (χ1) is 12.2. The lowest BCUT2D eigenvalue weighted by atomic mass is 9.98. The van der Waals surface area contributed by atoms with Crippen LogP contribution in [0.4, 0.5) is 0 Å². The molecule has 2 aromatic rings. The number of nitrogens with zero attached hydrogens (tertiary/aromatic N) is 3. The van der Waals surface area contributed by atoms with Gasteiger partial charge in [-0.1, -0.05) is 17.3 Å². The summed E-state index contributed by atoms with van der Waals surface area (Å²) in [5.41, 5.74) is 0.794. The second-order valence-electron chi connectivity index (χ2n) is 6.04. The third kappa shape index (κ3) is 4.17. The Morgan fingerprint density at radius 3 is 3.04 bits per heavy atom. The quantitative estimate of drug-likeness (QED) is 0.744. The number of aromatic nitrogens is 2. The molecule has 1 aromatic heterocycles. The maximum atomic E-state index is 11.9. The fraction of sp³-hybridized carbons (Fsp3) is 0.500. The molecule has 0 N–H and O–H groups in total. The van der Waals surface area contributed by atoms with Crippen LogP contribution in [0.3, 0.4) is 0 Å². The van der Waals surface area contributed by atoms with Crippen LogP contribution >= 0.6 is 0 Å². The molecule has 1 atom stereocenters. The number of para-hydroxylation sites is 1. The van der Waals surface area contributed by atoms with Gasteiger partial charge in [0.25, 0.3) is 0 Å². The maximum Gasteiger partial charge on any atom is 0.310 e. The molecule has 0 saturated carbocycles. The van der Waals surface area contributed by atoms with Gasteiger partial charge in [0, 0.05) is 6.54 Å². The van der Waals surface area contributed by atoms with E-state index in [1.165, 1.54) is 0 Å². The average molecular weight is 345 g/mol. The van der Waals surface area contributed by atoms with Crippen LogP contribution < -0.4 is 4.74 Å². The average Bonchev–Trinajstić information content (AvgIpc) is 3.10. The number of benzene rings is 1. The van der Waals surface area contributed by atoms with Crippen molar-refractivity contribution in [3.05, 3.63) is 30.2 Å². The summed E-state index contributed by atoms with van der Waals surface area (Å²) in [7, 11) is 1.61. The van der Waals surface area contributed by atoms with E-state index < -0.39 is 0 Å². The molecule has 1 aromatic carbocycles. The van der Waals surface area contributed by atoms with Crippen molar-refractivity contribution in [3.8, 4) is 17.1 Å². The first-order valence-electron chi connectivity index (χ1n) is 8.56. The van der Waals surface area contributed by atoms with Crippen LogP contribution in [-0.2, 0) is 16.1 Å². The molecule has 0 bridgehead atoms. The number of esters is 1. The first-order valence-corrected chi connectivity index (χ1v) is 8.56. The zero-order chi connectivity index (χ0) is 17.6. The number of carbonyl (C=O) groups is 1. The van der Waals surface area contributed by atoms with Crippen molar-refractivity contribution in [1.29, 1.82) is 0 Å². The molecule has 0 radical (unpaired) electrons. The largest absolute Gasteiger partial charge is 0.496 e. The highest BCUT2D eigenvalue weighted by molar-refractivity contribution is 5.72.